The molecule has 0 aliphatic carbocycles. The van der Waals surface area contributed by atoms with Gasteiger partial charge in [0.05, 0.1) is 27.3 Å². The molecule has 9 heteroatoms. The fourth-order valence-electron chi connectivity index (χ4n) is 4.00. The van der Waals surface area contributed by atoms with E-state index in [-0.39, 0.29) is 15.7 Å². The number of hydrogen-bond donors (Lipinski definition) is 1. The van der Waals surface area contributed by atoms with Crippen molar-refractivity contribution in [3.63, 3.8) is 0 Å². The van der Waals surface area contributed by atoms with Crippen molar-refractivity contribution >= 4 is 48.9 Å². The van der Waals surface area contributed by atoms with Gasteiger partial charge in [0.1, 0.15) is 0 Å². The number of sulfonamides is 1. The first-order chi connectivity index (χ1) is 15.9. The fraction of sp³-hybridized carbons (Fsp3) is 0.167. The number of thiazole rings is 1. The van der Waals surface area contributed by atoms with Crippen LogP contribution in [0.25, 0.3) is 10.2 Å². The summed E-state index contributed by atoms with van der Waals surface area (Å²) in [7, 11) is -3.88. The van der Waals surface area contributed by atoms with E-state index < -0.39 is 10.0 Å². The summed E-state index contributed by atoms with van der Waals surface area (Å²) in [6, 6.07) is 21.2. The number of hydrogen-bond acceptors (Lipinski definition) is 5. The lowest BCUT2D eigenvalue weighted by atomic mass is 10.2. The quantitative estimate of drug-likeness (QED) is 0.452. The molecule has 0 unspecified atom stereocenters. The van der Waals surface area contributed by atoms with Crippen LogP contribution in [0.2, 0.25) is 0 Å². The van der Waals surface area contributed by atoms with Crippen molar-refractivity contribution < 1.29 is 13.2 Å². The van der Waals surface area contributed by atoms with E-state index in [9.17, 15) is 18.0 Å². The maximum atomic E-state index is 13.1. The van der Waals surface area contributed by atoms with E-state index in [0.29, 0.717) is 41.1 Å². The minimum atomic E-state index is -3.88. The highest BCUT2D eigenvalue weighted by atomic mass is 32.2. The second-order valence-electron chi connectivity index (χ2n) is 7.87. The molecular weight excluding hydrogens is 458 g/mol. The molecule has 5 rings (SSSR count). The molecule has 1 aliphatic rings. The molecule has 0 spiro atoms. The van der Waals surface area contributed by atoms with Crippen LogP contribution in [-0.4, -0.2) is 25.4 Å². The van der Waals surface area contributed by atoms with Crippen LogP contribution >= 0.6 is 11.3 Å². The van der Waals surface area contributed by atoms with Gasteiger partial charge in [-0.05, 0) is 48.4 Å². The van der Waals surface area contributed by atoms with Gasteiger partial charge in [-0.15, -0.1) is 0 Å². The van der Waals surface area contributed by atoms with E-state index in [4.69, 9.17) is 0 Å². The third-order valence-electron chi connectivity index (χ3n) is 5.62. The third-order valence-corrected chi connectivity index (χ3v) is 7.94. The minimum Gasteiger partial charge on any atom is -0.312 e. The number of carbonyl (C=O) groups is 1. The number of nitrogens with zero attached hydrogens (tertiary/aromatic N) is 2. The highest BCUT2D eigenvalue weighted by Crippen LogP contribution is 2.27. The van der Waals surface area contributed by atoms with Gasteiger partial charge in [-0.25, -0.2) is 8.42 Å². The maximum absolute atomic E-state index is 13.1. The van der Waals surface area contributed by atoms with Crippen LogP contribution in [0.5, 0.6) is 0 Å². The Morgan fingerprint density at radius 1 is 0.939 bits per heavy atom. The Balaban J connectivity index is 1.43. The number of nitrogens with one attached hydrogen (secondary N) is 1. The second-order valence-corrected chi connectivity index (χ2v) is 10.5. The lowest BCUT2D eigenvalue weighted by Crippen LogP contribution is -2.23. The van der Waals surface area contributed by atoms with Crippen molar-refractivity contribution in [1.29, 1.82) is 0 Å². The van der Waals surface area contributed by atoms with Crippen molar-refractivity contribution in [2.75, 3.05) is 16.2 Å². The van der Waals surface area contributed by atoms with E-state index in [1.807, 2.05) is 30.3 Å². The SMILES string of the molecule is O=C1CCCN1c1cccc(NS(=O)(=O)c2ccc3c(c2)sc(=O)n3Cc2ccccc2)c1. The first kappa shape index (κ1) is 21.4. The fourth-order valence-corrected chi connectivity index (χ4v) is 6.08. The lowest BCUT2D eigenvalue weighted by molar-refractivity contribution is -0.117. The minimum absolute atomic E-state index is 0.0374. The largest absolute Gasteiger partial charge is 0.312 e. The van der Waals surface area contributed by atoms with Crippen LogP contribution in [0.1, 0.15) is 18.4 Å². The summed E-state index contributed by atoms with van der Waals surface area (Å²) in [5.41, 5.74) is 2.74. The molecule has 0 atom stereocenters. The van der Waals surface area contributed by atoms with Gasteiger partial charge in [0.25, 0.3) is 10.0 Å². The number of aromatic nitrogens is 1. The van der Waals surface area contributed by atoms with Crippen LogP contribution in [0.3, 0.4) is 0 Å². The molecule has 1 aromatic heterocycles. The van der Waals surface area contributed by atoms with E-state index in [1.54, 1.807) is 39.8 Å². The van der Waals surface area contributed by atoms with Gasteiger partial charge in [-0.1, -0.05) is 47.7 Å². The van der Waals surface area contributed by atoms with Crippen LogP contribution in [-0.2, 0) is 21.4 Å². The monoisotopic (exact) mass is 479 g/mol. The number of amides is 1. The van der Waals surface area contributed by atoms with Crippen molar-refractivity contribution in [2.45, 2.75) is 24.3 Å². The van der Waals surface area contributed by atoms with Crippen LogP contribution in [0.15, 0.2) is 82.5 Å². The zero-order valence-electron chi connectivity index (χ0n) is 17.6. The summed E-state index contributed by atoms with van der Waals surface area (Å²) in [6.45, 7) is 1.05. The number of rotatable bonds is 6. The van der Waals surface area contributed by atoms with E-state index >= 15 is 0 Å². The average molecular weight is 480 g/mol. The molecule has 0 bridgehead atoms. The highest BCUT2D eigenvalue weighted by Gasteiger charge is 2.23. The second kappa shape index (κ2) is 8.49. The molecular formula is C24H21N3O4S2. The normalized spacial score (nSPS) is 14.2. The van der Waals surface area contributed by atoms with Gasteiger partial charge in [0, 0.05) is 18.7 Å². The van der Waals surface area contributed by atoms with Crippen molar-refractivity contribution in [3.8, 4) is 0 Å². The smallest absolute Gasteiger partial charge is 0.308 e. The average Bonchev–Trinajstić information content (AvgIpc) is 3.37. The number of carbonyl (C=O) groups excluding carboxylic acids is 1. The molecule has 0 radical (unpaired) electrons. The van der Waals surface area contributed by atoms with Crippen molar-refractivity contribution in [3.05, 3.63) is 88.0 Å². The van der Waals surface area contributed by atoms with Gasteiger partial charge < -0.3 is 4.90 Å². The van der Waals surface area contributed by atoms with Crippen molar-refractivity contribution in [1.82, 2.24) is 4.57 Å². The van der Waals surface area contributed by atoms with Gasteiger partial charge in [-0.3, -0.25) is 18.9 Å². The highest BCUT2D eigenvalue weighted by molar-refractivity contribution is 7.92. The molecule has 1 amide bonds. The summed E-state index contributed by atoms with van der Waals surface area (Å²) in [6.07, 6.45) is 1.30. The van der Waals surface area contributed by atoms with Gasteiger partial charge >= 0.3 is 4.87 Å². The zero-order valence-corrected chi connectivity index (χ0v) is 19.2. The summed E-state index contributed by atoms with van der Waals surface area (Å²) in [5, 5.41) is 0. The van der Waals surface area contributed by atoms with E-state index in [2.05, 4.69) is 4.72 Å². The summed E-state index contributed by atoms with van der Waals surface area (Å²) in [4.78, 5) is 26.2. The molecule has 1 aliphatic heterocycles. The first-order valence-corrected chi connectivity index (χ1v) is 12.8. The molecule has 1 fully saturated rings. The number of anilines is 2. The Morgan fingerprint density at radius 3 is 2.52 bits per heavy atom. The predicted molar refractivity (Wildman–Crippen MR) is 130 cm³/mol. The molecule has 0 saturated carbocycles. The zero-order chi connectivity index (χ0) is 23.0. The van der Waals surface area contributed by atoms with Crippen LogP contribution < -0.4 is 14.5 Å². The van der Waals surface area contributed by atoms with Crippen molar-refractivity contribution in [2.24, 2.45) is 0 Å². The predicted octanol–water partition coefficient (Wildman–Crippen LogP) is 4.04. The molecule has 1 saturated heterocycles. The summed E-state index contributed by atoms with van der Waals surface area (Å²) in [5.74, 6) is 0.0374. The molecule has 33 heavy (non-hydrogen) atoms. The molecule has 4 aromatic rings. The Hall–Kier alpha value is -3.43. The molecule has 168 valence electrons. The molecule has 2 heterocycles. The van der Waals surface area contributed by atoms with Gasteiger partial charge in [0.15, 0.2) is 0 Å². The number of benzene rings is 3. The maximum Gasteiger partial charge on any atom is 0.308 e. The Labute approximate surface area is 195 Å². The Bertz CT molecular complexity index is 1510. The Kier molecular flexibility index (Phi) is 5.51. The van der Waals surface area contributed by atoms with E-state index in [1.165, 1.54) is 12.1 Å². The Morgan fingerprint density at radius 2 is 1.76 bits per heavy atom. The van der Waals surface area contributed by atoms with E-state index in [0.717, 1.165) is 23.3 Å². The summed E-state index contributed by atoms with van der Waals surface area (Å²) >= 11 is 1.03. The standard InChI is InChI=1S/C24H21N3O4S2/c28-23-10-5-13-26(23)19-9-4-8-18(14-19)25-33(30,31)20-11-12-21-22(15-20)32-24(29)27(21)16-17-6-2-1-3-7-17/h1-4,6-9,11-12,14-15,25H,5,10,13,16H2. The van der Waals surface area contributed by atoms with Crippen LogP contribution in [0.4, 0.5) is 11.4 Å². The molecule has 1 N–H and O–H groups in total. The molecule has 7 nitrogen and oxygen atoms in total. The van der Waals surface area contributed by atoms with Gasteiger partial charge in [0.2, 0.25) is 5.91 Å². The first-order valence-electron chi connectivity index (χ1n) is 10.5. The van der Waals surface area contributed by atoms with Crippen LogP contribution in [0, 0.1) is 0 Å². The lowest BCUT2D eigenvalue weighted by Gasteiger charge is -2.17. The number of fused-ring (bicyclic) bond motifs is 1. The van der Waals surface area contributed by atoms with Gasteiger partial charge in [-0.2, -0.15) is 0 Å². The topological polar surface area (TPSA) is 88.5 Å². The molecule has 3 aromatic carbocycles. The summed E-state index contributed by atoms with van der Waals surface area (Å²) < 4.78 is 31.0. The third kappa shape index (κ3) is 4.29.